The Morgan fingerprint density at radius 3 is 2.59 bits per heavy atom. The highest BCUT2D eigenvalue weighted by Gasteiger charge is 2.14. The van der Waals surface area contributed by atoms with Crippen molar-refractivity contribution in [3.8, 4) is 0 Å². The molecule has 0 fully saturated rings. The second kappa shape index (κ2) is 6.93. The number of aromatic nitrogens is 1. The van der Waals surface area contributed by atoms with Crippen LogP contribution in [0.25, 0.3) is 0 Å². The molecule has 1 aromatic heterocycles. The number of sulfonamides is 1. The minimum absolute atomic E-state index is 0.120. The molecule has 0 bridgehead atoms. The van der Waals surface area contributed by atoms with E-state index >= 15 is 0 Å². The highest BCUT2D eigenvalue weighted by molar-refractivity contribution is 7.89. The van der Waals surface area contributed by atoms with Gasteiger partial charge in [-0.15, -0.1) is 11.6 Å². The van der Waals surface area contributed by atoms with Crippen LogP contribution < -0.4 is 4.72 Å². The number of hydrogen-bond donors (Lipinski definition) is 1. The fourth-order valence-electron chi connectivity index (χ4n) is 1.43. The maximum absolute atomic E-state index is 11.7. The molecule has 0 saturated heterocycles. The van der Waals surface area contributed by atoms with Crippen molar-refractivity contribution in [2.24, 2.45) is 0 Å². The fraction of sp³-hybridized carbons (Fsp3) is 0.545. The average Bonchev–Trinajstić information content (AvgIpc) is 2.30. The highest BCUT2D eigenvalue weighted by Crippen LogP contribution is 2.12. The normalized spacial score (nSPS) is 13.5. The summed E-state index contributed by atoms with van der Waals surface area (Å²) in [6.07, 6.45) is 4.59. The molecule has 0 aliphatic carbocycles. The number of halogens is 1. The largest absolute Gasteiger partial charge is 0.265 e. The molecule has 0 aromatic carbocycles. The van der Waals surface area contributed by atoms with Crippen molar-refractivity contribution in [3.05, 3.63) is 30.1 Å². The molecule has 1 heterocycles. The molecule has 4 nitrogen and oxygen atoms in total. The summed E-state index contributed by atoms with van der Waals surface area (Å²) in [5.74, 6) is 0.616. The third-order valence-electron chi connectivity index (χ3n) is 2.36. The van der Waals surface area contributed by atoms with Crippen molar-refractivity contribution in [1.82, 2.24) is 9.71 Å². The molecule has 1 aromatic rings. The first-order valence-corrected chi connectivity index (χ1v) is 7.70. The van der Waals surface area contributed by atoms with E-state index in [1.165, 1.54) is 0 Å². The summed E-state index contributed by atoms with van der Waals surface area (Å²) in [6.45, 7) is 1.81. The second-order valence-electron chi connectivity index (χ2n) is 3.84. The van der Waals surface area contributed by atoms with Crippen molar-refractivity contribution < 1.29 is 8.42 Å². The molecule has 1 rings (SSSR count). The molecule has 96 valence electrons. The number of hydrogen-bond acceptors (Lipinski definition) is 3. The van der Waals surface area contributed by atoms with E-state index in [0.29, 0.717) is 18.7 Å². The SMILES string of the molecule is C[C@@H](NS(=O)(=O)CCCCCl)c1ccncc1. The van der Waals surface area contributed by atoms with Crippen LogP contribution in [-0.2, 0) is 10.0 Å². The Morgan fingerprint density at radius 2 is 2.00 bits per heavy atom. The number of rotatable bonds is 7. The van der Waals surface area contributed by atoms with Gasteiger partial charge >= 0.3 is 0 Å². The molecule has 0 spiro atoms. The van der Waals surface area contributed by atoms with Crippen LogP contribution in [0.4, 0.5) is 0 Å². The van der Waals surface area contributed by atoms with Crippen LogP contribution in [0.15, 0.2) is 24.5 Å². The van der Waals surface area contributed by atoms with Gasteiger partial charge in [0, 0.05) is 24.3 Å². The van der Waals surface area contributed by atoms with Crippen molar-refractivity contribution >= 4 is 21.6 Å². The van der Waals surface area contributed by atoms with Gasteiger partial charge in [0.25, 0.3) is 0 Å². The molecule has 17 heavy (non-hydrogen) atoms. The Morgan fingerprint density at radius 1 is 1.35 bits per heavy atom. The van der Waals surface area contributed by atoms with E-state index in [1.54, 1.807) is 24.5 Å². The van der Waals surface area contributed by atoms with Crippen molar-refractivity contribution in [3.63, 3.8) is 0 Å². The molecule has 0 aliphatic rings. The number of pyridine rings is 1. The third kappa shape index (κ3) is 5.48. The van der Waals surface area contributed by atoms with Crippen LogP contribution in [-0.4, -0.2) is 25.0 Å². The summed E-state index contributed by atoms with van der Waals surface area (Å²) in [5, 5.41) is 0. The standard InChI is InChI=1S/C11H17ClN2O2S/c1-10(11-4-7-13-8-5-11)14-17(15,16)9-3-2-6-12/h4-5,7-8,10,14H,2-3,6,9H2,1H3/t10-/m1/s1. The predicted molar refractivity (Wildman–Crippen MR) is 69.5 cm³/mol. The lowest BCUT2D eigenvalue weighted by atomic mass is 10.1. The van der Waals surface area contributed by atoms with Crippen LogP contribution >= 0.6 is 11.6 Å². The minimum atomic E-state index is -3.23. The van der Waals surface area contributed by atoms with Gasteiger partial charge in [0.05, 0.1) is 5.75 Å². The third-order valence-corrected chi connectivity index (χ3v) is 4.17. The fourth-order valence-corrected chi connectivity index (χ4v) is 3.00. The topological polar surface area (TPSA) is 59.1 Å². The summed E-state index contributed by atoms with van der Waals surface area (Å²) in [4.78, 5) is 3.89. The zero-order chi connectivity index (χ0) is 12.7. The number of alkyl halides is 1. The summed E-state index contributed by atoms with van der Waals surface area (Å²) in [6, 6.07) is 3.36. The highest BCUT2D eigenvalue weighted by atomic mass is 35.5. The maximum atomic E-state index is 11.7. The predicted octanol–water partition coefficient (Wildman–Crippen LogP) is 2.08. The first-order valence-electron chi connectivity index (χ1n) is 5.51. The Bertz CT molecular complexity index is 422. The zero-order valence-electron chi connectivity index (χ0n) is 9.77. The summed E-state index contributed by atoms with van der Waals surface area (Å²) < 4.78 is 26.1. The lowest BCUT2D eigenvalue weighted by molar-refractivity contribution is 0.564. The van der Waals surface area contributed by atoms with Crippen LogP contribution in [0.5, 0.6) is 0 Å². The van der Waals surface area contributed by atoms with E-state index in [-0.39, 0.29) is 11.8 Å². The van der Waals surface area contributed by atoms with Gasteiger partial charge in [0.1, 0.15) is 0 Å². The van der Waals surface area contributed by atoms with E-state index in [1.807, 2.05) is 6.92 Å². The van der Waals surface area contributed by atoms with Crippen molar-refractivity contribution in [1.29, 1.82) is 0 Å². The molecular weight excluding hydrogens is 260 g/mol. The number of nitrogens with zero attached hydrogens (tertiary/aromatic N) is 1. The molecule has 0 saturated carbocycles. The number of nitrogens with one attached hydrogen (secondary N) is 1. The molecule has 1 N–H and O–H groups in total. The van der Waals surface area contributed by atoms with Gasteiger partial charge < -0.3 is 0 Å². The lowest BCUT2D eigenvalue weighted by Gasteiger charge is -2.14. The van der Waals surface area contributed by atoms with Gasteiger partial charge in [0.15, 0.2) is 0 Å². The molecule has 0 aliphatic heterocycles. The molecule has 6 heteroatoms. The molecular formula is C11H17ClN2O2S. The maximum Gasteiger partial charge on any atom is 0.212 e. The van der Waals surface area contributed by atoms with Crippen LogP contribution in [0.3, 0.4) is 0 Å². The van der Waals surface area contributed by atoms with Gasteiger partial charge in [0.2, 0.25) is 10.0 Å². The summed E-state index contributed by atoms with van der Waals surface area (Å²) in [5.41, 5.74) is 0.904. The molecule has 0 amide bonds. The van der Waals surface area contributed by atoms with Crippen LogP contribution in [0.2, 0.25) is 0 Å². The quantitative estimate of drug-likeness (QED) is 0.613. The molecule has 0 unspecified atom stereocenters. The first-order chi connectivity index (χ1) is 8.05. The van der Waals surface area contributed by atoms with Gasteiger partial charge in [-0.25, -0.2) is 13.1 Å². The Hall–Kier alpha value is -0.650. The van der Waals surface area contributed by atoms with Gasteiger partial charge in [-0.1, -0.05) is 0 Å². The first kappa shape index (κ1) is 14.4. The van der Waals surface area contributed by atoms with E-state index in [9.17, 15) is 8.42 Å². The summed E-state index contributed by atoms with van der Waals surface area (Å²) >= 11 is 5.51. The summed E-state index contributed by atoms with van der Waals surface area (Å²) in [7, 11) is -3.23. The van der Waals surface area contributed by atoms with Gasteiger partial charge in [-0.05, 0) is 37.5 Å². The van der Waals surface area contributed by atoms with Crippen LogP contribution in [0, 0.1) is 0 Å². The van der Waals surface area contributed by atoms with Crippen molar-refractivity contribution in [2.45, 2.75) is 25.8 Å². The van der Waals surface area contributed by atoms with Gasteiger partial charge in [-0.2, -0.15) is 0 Å². The zero-order valence-corrected chi connectivity index (χ0v) is 11.3. The van der Waals surface area contributed by atoms with E-state index in [0.717, 1.165) is 5.56 Å². The van der Waals surface area contributed by atoms with Crippen molar-refractivity contribution in [2.75, 3.05) is 11.6 Å². The molecule has 0 radical (unpaired) electrons. The Balaban J connectivity index is 2.53. The van der Waals surface area contributed by atoms with Crippen LogP contribution in [0.1, 0.15) is 31.4 Å². The molecule has 1 atom stereocenters. The monoisotopic (exact) mass is 276 g/mol. The van der Waals surface area contributed by atoms with E-state index in [2.05, 4.69) is 9.71 Å². The van der Waals surface area contributed by atoms with E-state index < -0.39 is 10.0 Å². The second-order valence-corrected chi connectivity index (χ2v) is 6.09. The average molecular weight is 277 g/mol. The number of unbranched alkanes of at least 4 members (excludes halogenated alkanes) is 1. The Kier molecular flexibility index (Phi) is 5.88. The van der Waals surface area contributed by atoms with Gasteiger partial charge in [-0.3, -0.25) is 4.98 Å². The lowest BCUT2D eigenvalue weighted by Crippen LogP contribution is -2.29. The Labute approximate surface area is 107 Å². The van der Waals surface area contributed by atoms with E-state index in [4.69, 9.17) is 11.6 Å². The minimum Gasteiger partial charge on any atom is -0.265 e. The smallest absolute Gasteiger partial charge is 0.212 e.